The van der Waals surface area contributed by atoms with Gasteiger partial charge in [0.2, 0.25) is 5.91 Å². The number of hydrogen-bond donors (Lipinski definition) is 2. The van der Waals surface area contributed by atoms with Gasteiger partial charge in [0.25, 0.3) is 0 Å². The monoisotopic (exact) mass is 462 g/mol. The fourth-order valence-corrected chi connectivity index (χ4v) is 4.06. The Morgan fingerprint density at radius 3 is 2.39 bits per heavy atom. The molecule has 1 amide bonds. The van der Waals surface area contributed by atoms with Crippen LogP contribution in [-0.2, 0) is 11.2 Å². The molecule has 0 spiro atoms. The van der Waals surface area contributed by atoms with Crippen LogP contribution in [0.4, 0.5) is 0 Å². The average Bonchev–Trinajstić information content (AvgIpc) is 3.21. The van der Waals surface area contributed by atoms with E-state index in [1.165, 1.54) is 0 Å². The average molecular weight is 463 g/mol. The molecular weight excluding hydrogens is 435 g/mol. The molecule has 1 unspecified atom stereocenters. The number of nitrogen functional groups attached to an aromatic ring is 1. The predicted octanol–water partition coefficient (Wildman–Crippen LogP) is 3.66. The van der Waals surface area contributed by atoms with E-state index in [-0.39, 0.29) is 42.5 Å². The van der Waals surface area contributed by atoms with Crippen molar-refractivity contribution in [3.8, 4) is 0 Å². The summed E-state index contributed by atoms with van der Waals surface area (Å²) in [5.74, 6) is -0.209. The van der Waals surface area contributed by atoms with Crippen molar-refractivity contribution in [2.75, 3.05) is 33.2 Å². The number of nitrogens with zero attached hydrogens (tertiary/aromatic N) is 2. The van der Waals surface area contributed by atoms with E-state index in [2.05, 4.69) is 11.9 Å². The first-order chi connectivity index (χ1) is 14.0. The molecule has 1 fully saturated rings. The lowest BCUT2D eigenvalue weighted by atomic mass is 9.87. The van der Waals surface area contributed by atoms with Crippen LogP contribution in [-0.4, -0.2) is 54.8 Å². The Labute approximate surface area is 194 Å². The maximum Gasteiger partial charge on any atom is 0.230 e. The number of hydrogen-bond acceptors (Lipinski definition) is 4. The summed E-state index contributed by atoms with van der Waals surface area (Å²) in [5.41, 5.74) is 9.14. The van der Waals surface area contributed by atoms with Crippen molar-refractivity contribution in [1.82, 2.24) is 9.80 Å². The van der Waals surface area contributed by atoms with Crippen LogP contribution in [0.25, 0.3) is 11.0 Å². The van der Waals surface area contributed by atoms with Gasteiger partial charge in [-0.25, -0.2) is 0 Å². The molecule has 3 aromatic rings. The predicted molar refractivity (Wildman–Crippen MR) is 129 cm³/mol. The van der Waals surface area contributed by atoms with Crippen molar-refractivity contribution in [3.05, 3.63) is 71.5 Å². The summed E-state index contributed by atoms with van der Waals surface area (Å²) >= 11 is 0. The number of halogens is 2. The normalized spacial score (nSPS) is 15.1. The zero-order chi connectivity index (χ0) is 20.4. The topological polar surface area (TPSA) is 86.6 Å². The van der Waals surface area contributed by atoms with Gasteiger partial charge in [0.05, 0.1) is 12.2 Å². The largest absolute Gasteiger partial charge is 0.464 e. The third-order valence-corrected chi connectivity index (χ3v) is 5.76. The fourth-order valence-electron chi connectivity index (χ4n) is 4.06. The van der Waals surface area contributed by atoms with E-state index >= 15 is 0 Å². The number of fused-ring (bicyclic) bond motifs is 1. The first-order valence-electron chi connectivity index (χ1n) is 9.90. The Balaban J connectivity index is 0.00000171. The van der Waals surface area contributed by atoms with Gasteiger partial charge in [0.1, 0.15) is 11.4 Å². The smallest absolute Gasteiger partial charge is 0.230 e. The molecule has 166 valence electrons. The van der Waals surface area contributed by atoms with E-state index in [0.29, 0.717) is 12.0 Å². The van der Waals surface area contributed by atoms with Crippen LogP contribution in [0.3, 0.4) is 0 Å². The number of nitrogens with one attached hydrogen (secondary N) is 1. The molecular formula is C23H28Cl2N4O2. The highest BCUT2D eigenvalue weighted by molar-refractivity contribution is 6.01. The molecule has 1 aliphatic heterocycles. The number of carbonyl (C=O) groups is 1. The van der Waals surface area contributed by atoms with Crippen molar-refractivity contribution in [1.29, 1.82) is 5.41 Å². The standard InChI is InChI=1S/C23H26N4O2.2ClH/c1-26-10-12-27(13-11-26)23(28)19(16-5-3-2-4-6-16)15-20-17-9-14-29-21(17)8-7-18(20)22(24)25;;/h2-9,14,19H,10-13,15H2,1H3,(H3,24,25);2*1H. The molecule has 31 heavy (non-hydrogen) atoms. The van der Waals surface area contributed by atoms with Crippen LogP contribution in [0.15, 0.2) is 59.2 Å². The highest BCUT2D eigenvalue weighted by atomic mass is 35.5. The Hall–Kier alpha value is -2.54. The molecule has 0 aliphatic carbocycles. The lowest BCUT2D eigenvalue weighted by molar-refractivity contribution is -0.134. The maximum absolute atomic E-state index is 13.6. The first-order valence-corrected chi connectivity index (χ1v) is 9.90. The molecule has 4 rings (SSSR count). The summed E-state index contributed by atoms with van der Waals surface area (Å²) in [6.07, 6.45) is 2.11. The lowest BCUT2D eigenvalue weighted by Crippen LogP contribution is -2.48. The number of furan rings is 1. The Morgan fingerprint density at radius 1 is 1.06 bits per heavy atom. The second-order valence-electron chi connectivity index (χ2n) is 7.63. The molecule has 0 radical (unpaired) electrons. The van der Waals surface area contributed by atoms with E-state index in [4.69, 9.17) is 15.6 Å². The number of benzene rings is 2. The van der Waals surface area contributed by atoms with Gasteiger partial charge >= 0.3 is 0 Å². The van der Waals surface area contributed by atoms with E-state index in [1.807, 2.05) is 53.4 Å². The van der Waals surface area contributed by atoms with Gasteiger partial charge in [-0.15, -0.1) is 24.8 Å². The van der Waals surface area contributed by atoms with Crippen molar-refractivity contribution < 1.29 is 9.21 Å². The second kappa shape index (κ2) is 10.7. The second-order valence-corrected chi connectivity index (χ2v) is 7.63. The zero-order valence-corrected chi connectivity index (χ0v) is 19.0. The van der Waals surface area contributed by atoms with E-state index in [0.717, 1.165) is 48.3 Å². The number of amidine groups is 1. The molecule has 8 heteroatoms. The maximum atomic E-state index is 13.6. The van der Waals surface area contributed by atoms with E-state index < -0.39 is 0 Å². The van der Waals surface area contributed by atoms with Crippen LogP contribution in [0.1, 0.15) is 22.6 Å². The highest BCUT2D eigenvalue weighted by Crippen LogP contribution is 2.31. The van der Waals surface area contributed by atoms with Gasteiger partial charge < -0.3 is 20.0 Å². The quantitative estimate of drug-likeness (QED) is 0.447. The molecule has 3 N–H and O–H groups in total. The number of nitrogens with two attached hydrogens (primary N) is 1. The first kappa shape index (κ1) is 24.7. The fraction of sp³-hybridized carbons (Fsp3) is 0.304. The minimum atomic E-state index is -0.335. The number of amides is 1. The van der Waals surface area contributed by atoms with Gasteiger partial charge in [0.15, 0.2) is 0 Å². The molecule has 1 aromatic heterocycles. The molecule has 6 nitrogen and oxygen atoms in total. The molecule has 2 aromatic carbocycles. The number of carbonyl (C=O) groups excluding carboxylic acids is 1. The van der Waals surface area contributed by atoms with Crippen molar-refractivity contribution in [3.63, 3.8) is 0 Å². The minimum absolute atomic E-state index is 0. The molecule has 1 saturated heterocycles. The van der Waals surface area contributed by atoms with Crippen molar-refractivity contribution in [2.45, 2.75) is 12.3 Å². The molecule has 2 heterocycles. The van der Waals surface area contributed by atoms with Crippen LogP contribution < -0.4 is 5.73 Å². The van der Waals surface area contributed by atoms with Crippen molar-refractivity contribution in [2.24, 2.45) is 5.73 Å². The van der Waals surface area contributed by atoms with Gasteiger partial charge in [-0.05, 0) is 42.8 Å². The summed E-state index contributed by atoms with van der Waals surface area (Å²) in [6.45, 7) is 3.22. The van der Waals surface area contributed by atoms with E-state index in [9.17, 15) is 4.79 Å². The summed E-state index contributed by atoms with van der Waals surface area (Å²) in [4.78, 5) is 17.8. The summed E-state index contributed by atoms with van der Waals surface area (Å²) < 4.78 is 5.56. The van der Waals surface area contributed by atoms with Gasteiger partial charge in [0, 0.05) is 37.1 Å². The molecule has 1 aliphatic rings. The Bertz CT molecular complexity index is 1030. The molecule has 0 bridgehead atoms. The zero-order valence-electron chi connectivity index (χ0n) is 17.4. The number of piperazine rings is 1. The third-order valence-electron chi connectivity index (χ3n) is 5.76. The van der Waals surface area contributed by atoms with Crippen LogP contribution in [0, 0.1) is 5.41 Å². The summed E-state index contributed by atoms with van der Waals surface area (Å²) in [7, 11) is 2.08. The number of likely N-dealkylation sites (N-methyl/N-ethyl adjacent to an activating group) is 1. The van der Waals surface area contributed by atoms with Crippen LogP contribution >= 0.6 is 24.8 Å². The van der Waals surface area contributed by atoms with Gasteiger partial charge in [-0.1, -0.05) is 30.3 Å². The Morgan fingerprint density at radius 2 is 1.74 bits per heavy atom. The SMILES string of the molecule is CN1CCN(C(=O)C(Cc2c(C(=N)N)ccc3occc23)c2ccccc2)CC1.Cl.Cl. The van der Waals surface area contributed by atoms with Crippen molar-refractivity contribution >= 4 is 47.5 Å². The molecule has 1 atom stereocenters. The van der Waals surface area contributed by atoms with Gasteiger partial charge in [-0.2, -0.15) is 0 Å². The van der Waals surface area contributed by atoms with E-state index in [1.54, 1.807) is 6.26 Å². The summed E-state index contributed by atoms with van der Waals surface area (Å²) in [6, 6.07) is 15.4. The van der Waals surface area contributed by atoms with Gasteiger partial charge in [-0.3, -0.25) is 10.2 Å². The lowest BCUT2D eigenvalue weighted by Gasteiger charge is -2.35. The minimum Gasteiger partial charge on any atom is -0.464 e. The molecule has 0 saturated carbocycles. The Kier molecular flexibility index (Phi) is 8.51. The summed E-state index contributed by atoms with van der Waals surface area (Å²) in [5, 5.41) is 8.93. The third kappa shape index (κ3) is 5.21. The number of rotatable bonds is 5. The van der Waals surface area contributed by atoms with Crippen LogP contribution in [0.5, 0.6) is 0 Å². The highest BCUT2D eigenvalue weighted by Gasteiger charge is 2.29. The van der Waals surface area contributed by atoms with Crippen LogP contribution in [0.2, 0.25) is 0 Å².